The smallest absolute Gasteiger partial charge is 0.329 e. The van der Waals surface area contributed by atoms with Gasteiger partial charge in [-0.15, -0.1) is 11.3 Å². The summed E-state index contributed by atoms with van der Waals surface area (Å²) in [4.78, 5) is 42.7. The number of thiazole rings is 1. The molecule has 0 unspecified atom stereocenters. The highest BCUT2D eigenvalue weighted by Gasteiger charge is 2.25. The van der Waals surface area contributed by atoms with E-state index in [9.17, 15) is 14.4 Å². The zero-order valence-electron chi connectivity index (χ0n) is 22.8. The fourth-order valence-electron chi connectivity index (χ4n) is 3.56. The van der Waals surface area contributed by atoms with Gasteiger partial charge >= 0.3 is 5.97 Å². The number of aromatic nitrogens is 1. The van der Waals surface area contributed by atoms with Gasteiger partial charge in [0.2, 0.25) is 5.75 Å². The first-order valence-corrected chi connectivity index (χ1v) is 14.3. The lowest BCUT2D eigenvalue weighted by atomic mass is 10.1. The molecular formula is C27H31N3O8S2. The largest absolute Gasteiger partial charge is 0.497 e. The Balaban J connectivity index is 1.61. The van der Waals surface area contributed by atoms with E-state index in [4.69, 9.17) is 23.7 Å². The predicted octanol–water partition coefficient (Wildman–Crippen LogP) is 3.88. The minimum absolute atomic E-state index is 0.200. The number of benzene rings is 2. The molecule has 0 spiro atoms. The number of carbonyl (C=O) groups excluding carboxylic acids is 3. The minimum atomic E-state index is -0.978. The second-order valence-electron chi connectivity index (χ2n) is 8.14. The van der Waals surface area contributed by atoms with Gasteiger partial charge in [-0.05, 0) is 54.8 Å². The van der Waals surface area contributed by atoms with E-state index in [1.165, 1.54) is 56.6 Å². The van der Waals surface area contributed by atoms with Crippen LogP contribution < -0.4 is 29.6 Å². The molecule has 2 amide bonds. The van der Waals surface area contributed by atoms with Gasteiger partial charge in [-0.2, -0.15) is 11.8 Å². The Hall–Kier alpha value is -3.97. The summed E-state index contributed by atoms with van der Waals surface area (Å²) in [5.41, 5.74) is 1.75. The highest BCUT2D eigenvalue weighted by Crippen LogP contribution is 2.38. The number of hydrogen-bond donors (Lipinski definition) is 2. The molecule has 13 heteroatoms. The van der Waals surface area contributed by atoms with Crippen LogP contribution >= 0.6 is 23.1 Å². The maximum atomic E-state index is 13.0. The number of nitrogens with one attached hydrogen (secondary N) is 2. The number of esters is 1. The van der Waals surface area contributed by atoms with Gasteiger partial charge in [0.25, 0.3) is 11.8 Å². The number of hydrogen-bond acceptors (Lipinski definition) is 11. The van der Waals surface area contributed by atoms with Crippen molar-refractivity contribution < 1.29 is 38.1 Å². The van der Waals surface area contributed by atoms with Crippen molar-refractivity contribution in [3.8, 4) is 34.3 Å². The van der Waals surface area contributed by atoms with Crippen LogP contribution in [-0.2, 0) is 14.3 Å². The van der Waals surface area contributed by atoms with Gasteiger partial charge in [0.05, 0.1) is 34.1 Å². The highest BCUT2D eigenvalue weighted by atomic mass is 32.2. The van der Waals surface area contributed by atoms with Crippen molar-refractivity contribution in [1.29, 1.82) is 0 Å². The van der Waals surface area contributed by atoms with Crippen LogP contribution in [0.2, 0.25) is 0 Å². The first-order valence-electron chi connectivity index (χ1n) is 12.0. The molecule has 0 fully saturated rings. The lowest BCUT2D eigenvalue weighted by molar-refractivity contribution is -0.149. The van der Waals surface area contributed by atoms with Crippen LogP contribution in [0.4, 0.5) is 5.13 Å². The number of methoxy groups -OCH3 is 4. The summed E-state index contributed by atoms with van der Waals surface area (Å²) in [6, 6.07) is 9.35. The third-order valence-electron chi connectivity index (χ3n) is 5.61. The van der Waals surface area contributed by atoms with E-state index in [0.717, 1.165) is 11.3 Å². The Morgan fingerprint density at radius 2 is 1.65 bits per heavy atom. The van der Waals surface area contributed by atoms with E-state index in [1.54, 1.807) is 12.5 Å². The van der Waals surface area contributed by atoms with Gasteiger partial charge in [-0.1, -0.05) is 0 Å². The molecule has 1 heterocycles. The van der Waals surface area contributed by atoms with Crippen molar-refractivity contribution in [3.05, 3.63) is 47.3 Å². The highest BCUT2D eigenvalue weighted by molar-refractivity contribution is 7.98. The molecule has 1 aromatic heterocycles. The molecule has 11 nitrogen and oxygen atoms in total. The van der Waals surface area contributed by atoms with E-state index in [2.05, 4.69) is 15.6 Å². The molecule has 3 rings (SSSR count). The van der Waals surface area contributed by atoms with Crippen molar-refractivity contribution in [2.24, 2.45) is 0 Å². The van der Waals surface area contributed by atoms with Crippen molar-refractivity contribution in [1.82, 2.24) is 10.3 Å². The first kappa shape index (κ1) is 30.6. The van der Waals surface area contributed by atoms with E-state index in [1.807, 2.05) is 30.5 Å². The van der Waals surface area contributed by atoms with Crippen LogP contribution in [0.1, 0.15) is 16.8 Å². The second-order valence-corrected chi connectivity index (χ2v) is 9.99. The maximum Gasteiger partial charge on any atom is 0.329 e. The Morgan fingerprint density at radius 3 is 2.23 bits per heavy atom. The molecule has 3 aromatic rings. The fraction of sp³-hybridized carbons (Fsp3) is 0.333. The third kappa shape index (κ3) is 8.02. The molecule has 0 radical (unpaired) electrons. The summed E-state index contributed by atoms with van der Waals surface area (Å²) < 4.78 is 26.3. The standard InChI is InChI=1S/C27H31N3O8S2/c1-34-18-8-6-16(7-9-18)20-15-40-27(29-20)30-23(31)14-38-26(33)19(10-11-39-5)28-25(32)17-12-21(35-2)24(37-4)22(13-17)36-3/h6-9,12-13,15,19H,10-11,14H2,1-5H3,(H,28,32)(H,29,30,31)/t19-/m0/s1. The average molecular weight is 590 g/mol. The van der Waals surface area contributed by atoms with Crippen molar-refractivity contribution >= 4 is 46.0 Å². The molecule has 0 aliphatic carbocycles. The van der Waals surface area contributed by atoms with E-state index >= 15 is 0 Å². The summed E-state index contributed by atoms with van der Waals surface area (Å²) >= 11 is 2.75. The number of nitrogens with zero attached hydrogens (tertiary/aromatic N) is 1. The van der Waals surface area contributed by atoms with Crippen LogP contribution in [0, 0.1) is 0 Å². The van der Waals surface area contributed by atoms with Gasteiger partial charge in [-0.25, -0.2) is 9.78 Å². The van der Waals surface area contributed by atoms with E-state index in [0.29, 0.717) is 40.2 Å². The van der Waals surface area contributed by atoms with Crippen molar-refractivity contribution in [2.75, 3.05) is 52.4 Å². The maximum absolute atomic E-state index is 13.0. The molecule has 2 aromatic carbocycles. The predicted molar refractivity (Wildman–Crippen MR) is 154 cm³/mol. The molecule has 214 valence electrons. The van der Waals surface area contributed by atoms with Crippen LogP contribution in [0.25, 0.3) is 11.3 Å². The number of ether oxygens (including phenoxy) is 5. The van der Waals surface area contributed by atoms with Crippen LogP contribution in [0.3, 0.4) is 0 Å². The molecule has 0 bridgehead atoms. The molecule has 0 aliphatic rings. The topological polar surface area (TPSA) is 134 Å². The normalized spacial score (nSPS) is 11.2. The lowest BCUT2D eigenvalue weighted by Crippen LogP contribution is -2.43. The summed E-state index contributed by atoms with van der Waals surface area (Å²) in [7, 11) is 5.93. The molecule has 0 saturated carbocycles. The monoisotopic (exact) mass is 589 g/mol. The summed E-state index contributed by atoms with van der Waals surface area (Å²) in [6.45, 7) is -0.536. The molecule has 2 N–H and O–H groups in total. The lowest BCUT2D eigenvalue weighted by Gasteiger charge is -2.18. The van der Waals surface area contributed by atoms with Gasteiger partial charge in [0, 0.05) is 16.5 Å². The summed E-state index contributed by atoms with van der Waals surface area (Å²) in [5, 5.41) is 7.48. The quantitative estimate of drug-likeness (QED) is 0.267. The van der Waals surface area contributed by atoms with E-state index < -0.39 is 30.4 Å². The summed E-state index contributed by atoms with van der Waals surface area (Å²) in [6.07, 6.45) is 2.18. The number of carbonyl (C=O) groups is 3. The SMILES string of the molecule is COc1ccc(-c2csc(NC(=O)COC(=O)[C@H](CCSC)NC(=O)c3cc(OC)c(OC)c(OC)c3)n2)cc1. The van der Waals surface area contributed by atoms with E-state index in [-0.39, 0.29) is 5.56 Å². The Kier molecular flexibility index (Phi) is 11.5. The zero-order valence-corrected chi connectivity index (χ0v) is 24.4. The molecule has 0 saturated heterocycles. The van der Waals surface area contributed by atoms with Gasteiger partial charge in [0.1, 0.15) is 11.8 Å². The van der Waals surface area contributed by atoms with Crippen LogP contribution in [-0.4, -0.2) is 75.9 Å². The zero-order chi connectivity index (χ0) is 29.1. The number of rotatable bonds is 14. The number of amides is 2. The number of thioether (sulfide) groups is 1. The summed E-state index contributed by atoms with van der Waals surface area (Å²) in [5.74, 6) is 0.405. The van der Waals surface area contributed by atoms with Gasteiger partial charge in [-0.3, -0.25) is 14.9 Å². The van der Waals surface area contributed by atoms with Crippen LogP contribution in [0.5, 0.6) is 23.0 Å². The molecule has 40 heavy (non-hydrogen) atoms. The minimum Gasteiger partial charge on any atom is -0.497 e. The Morgan fingerprint density at radius 1 is 0.975 bits per heavy atom. The fourth-order valence-corrected chi connectivity index (χ4v) is 4.76. The first-order chi connectivity index (χ1) is 19.3. The van der Waals surface area contributed by atoms with Gasteiger partial charge < -0.3 is 29.0 Å². The van der Waals surface area contributed by atoms with Crippen molar-refractivity contribution in [3.63, 3.8) is 0 Å². The molecular weight excluding hydrogens is 558 g/mol. The Labute approximate surface area is 240 Å². The van der Waals surface area contributed by atoms with Crippen LogP contribution in [0.15, 0.2) is 41.8 Å². The molecule has 0 aliphatic heterocycles. The molecule has 1 atom stereocenters. The second kappa shape index (κ2) is 15.0. The Bertz CT molecular complexity index is 1290. The van der Waals surface area contributed by atoms with Gasteiger partial charge in [0.15, 0.2) is 23.2 Å². The number of anilines is 1. The third-order valence-corrected chi connectivity index (χ3v) is 7.01. The van der Waals surface area contributed by atoms with Crippen molar-refractivity contribution in [2.45, 2.75) is 12.5 Å². The average Bonchev–Trinajstić information content (AvgIpc) is 3.45.